The molecule has 0 heterocycles. The Morgan fingerprint density at radius 1 is 0.913 bits per heavy atom. The predicted molar refractivity (Wildman–Crippen MR) is 99.6 cm³/mol. The lowest BCUT2D eigenvalue weighted by atomic mass is 10.1. The molecule has 0 spiro atoms. The maximum absolute atomic E-state index is 11.9. The van der Waals surface area contributed by atoms with E-state index in [4.69, 9.17) is 0 Å². The zero-order chi connectivity index (χ0) is 16.8. The van der Waals surface area contributed by atoms with Crippen molar-refractivity contribution in [1.29, 1.82) is 0 Å². The standard InChI is InChI=1S/C21H35NO/c1-3-4-5-6-7-8-9-10-14-17-21(23)22-19(2)18-20-15-12-11-13-16-20/h11-13,15-16,19H,3-10,14,17-18H2,1-2H3,(H,22,23). The molecule has 0 aliphatic carbocycles. The van der Waals surface area contributed by atoms with Gasteiger partial charge in [-0.1, -0.05) is 88.6 Å². The first-order valence-electron chi connectivity index (χ1n) is 9.55. The highest BCUT2D eigenvalue weighted by Crippen LogP contribution is 2.10. The summed E-state index contributed by atoms with van der Waals surface area (Å²) in [6.07, 6.45) is 13.2. The average Bonchev–Trinajstić information content (AvgIpc) is 2.54. The molecule has 0 bridgehead atoms. The van der Waals surface area contributed by atoms with Crippen molar-refractivity contribution in [2.45, 2.75) is 90.5 Å². The van der Waals surface area contributed by atoms with Crippen molar-refractivity contribution < 1.29 is 4.79 Å². The van der Waals surface area contributed by atoms with Crippen LogP contribution in [0.15, 0.2) is 30.3 Å². The summed E-state index contributed by atoms with van der Waals surface area (Å²) in [5, 5.41) is 3.11. The third-order valence-electron chi connectivity index (χ3n) is 4.30. The van der Waals surface area contributed by atoms with Gasteiger partial charge in [0.25, 0.3) is 0 Å². The zero-order valence-electron chi connectivity index (χ0n) is 15.2. The molecule has 1 unspecified atom stereocenters. The first kappa shape index (κ1) is 19.7. The Morgan fingerprint density at radius 3 is 2.09 bits per heavy atom. The summed E-state index contributed by atoms with van der Waals surface area (Å²) in [6.45, 7) is 4.34. The summed E-state index contributed by atoms with van der Waals surface area (Å²) in [4.78, 5) is 11.9. The smallest absolute Gasteiger partial charge is 0.220 e. The summed E-state index contributed by atoms with van der Waals surface area (Å²) in [5.41, 5.74) is 1.28. The predicted octanol–water partition coefficient (Wildman–Crippen LogP) is 5.65. The molecule has 1 rings (SSSR count). The summed E-state index contributed by atoms with van der Waals surface area (Å²) < 4.78 is 0. The quantitative estimate of drug-likeness (QED) is 0.468. The Balaban J connectivity index is 1.97. The van der Waals surface area contributed by atoms with Crippen molar-refractivity contribution in [3.8, 4) is 0 Å². The Labute approximate surface area is 143 Å². The monoisotopic (exact) mass is 317 g/mol. The molecule has 0 fully saturated rings. The molecule has 0 saturated heterocycles. The van der Waals surface area contributed by atoms with E-state index >= 15 is 0 Å². The first-order valence-corrected chi connectivity index (χ1v) is 9.55. The summed E-state index contributed by atoms with van der Waals surface area (Å²) in [7, 11) is 0. The van der Waals surface area contributed by atoms with Gasteiger partial charge in [0.15, 0.2) is 0 Å². The fourth-order valence-corrected chi connectivity index (χ4v) is 2.96. The van der Waals surface area contributed by atoms with Gasteiger partial charge in [0.05, 0.1) is 0 Å². The maximum atomic E-state index is 11.9. The number of benzene rings is 1. The summed E-state index contributed by atoms with van der Waals surface area (Å²) in [5.74, 6) is 0.205. The Morgan fingerprint density at radius 2 is 1.48 bits per heavy atom. The number of hydrogen-bond donors (Lipinski definition) is 1. The van der Waals surface area contributed by atoms with Crippen LogP contribution in [-0.4, -0.2) is 11.9 Å². The highest BCUT2D eigenvalue weighted by molar-refractivity contribution is 5.76. The number of nitrogens with one attached hydrogen (secondary N) is 1. The van der Waals surface area contributed by atoms with Gasteiger partial charge in [-0.2, -0.15) is 0 Å². The van der Waals surface area contributed by atoms with Gasteiger partial charge in [-0.15, -0.1) is 0 Å². The number of hydrogen-bond acceptors (Lipinski definition) is 1. The normalized spacial score (nSPS) is 12.1. The second-order valence-corrected chi connectivity index (χ2v) is 6.74. The van der Waals surface area contributed by atoms with Crippen LogP contribution in [0, 0.1) is 0 Å². The molecule has 2 nitrogen and oxygen atoms in total. The topological polar surface area (TPSA) is 29.1 Å². The van der Waals surface area contributed by atoms with E-state index in [-0.39, 0.29) is 11.9 Å². The van der Waals surface area contributed by atoms with Gasteiger partial charge >= 0.3 is 0 Å². The molecule has 130 valence electrons. The van der Waals surface area contributed by atoms with Crippen LogP contribution in [0.25, 0.3) is 0 Å². The second-order valence-electron chi connectivity index (χ2n) is 6.74. The zero-order valence-corrected chi connectivity index (χ0v) is 15.2. The molecule has 0 aromatic heterocycles. The van der Waals surface area contributed by atoms with Crippen LogP contribution in [0.1, 0.15) is 83.6 Å². The number of carbonyl (C=O) groups excluding carboxylic acids is 1. The fraction of sp³-hybridized carbons (Fsp3) is 0.667. The molecule has 2 heteroatoms. The molecule has 0 aliphatic rings. The second kappa shape index (κ2) is 13.2. The Bertz CT molecular complexity index is 402. The van der Waals surface area contributed by atoms with Crippen molar-refractivity contribution in [1.82, 2.24) is 5.32 Å². The van der Waals surface area contributed by atoms with E-state index in [0.717, 1.165) is 12.8 Å². The van der Waals surface area contributed by atoms with E-state index in [9.17, 15) is 4.79 Å². The molecule has 1 aromatic rings. The van der Waals surface area contributed by atoms with Gasteiger partial charge in [-0.25, -0.2) is 0 Å². The molecule has 0 aliphatic heterocycles. The van der Waals surface area contributed by atoms with Gasteiger partial charge in [-0.3, -0.25) is 4.79 Å². The van der Waals surface area contributed by atoms with Gasteiger partial charge in [-0.05, 0) is 25.3 Å². The van der Waals surface area contributed by atoms with Crippen molar-refractivity contribution in [3.05, 3.63) is 35.9 Å². The van der Waals surface area contributed by atoms with E-state index in [1.54, 1.807) is 0 Å². The van der Waals surface area contributed by atoms with Crippen molar-refractivity contribution in [2.24, 2.45) is 0 Å². The number of rotatable bonds is 13. The molecule has 0 saturated carbocycles. The van der Waals surface area contributed by atoms with Crippen molar-refractivity contribution in [3.63, 3.8) is 0 Å². The van der Waals surface area contributed by atoms with Gasteiger partial charge in [0.1, 0.15) is 0 Å². The van der Waals surface area contributed by atoms with E-state index < -0.39 is 0 Å². The lowest BCUT2D eigenvalue weighted by Crippen LogP contribution is -2.33. The highest BCUT2D eigenvalue weighted by Gasteiger charge is 2.07. The van der Waals surface area contributed by atoms with Crippen LogP contribution in [0.5, 0.6) is 0 Å². The molecule has 1 N–H and O–H groups in total. The number of amides is 1. The molecule has 1 aromatic carbocycles. The van der Waals surface area contributed by atoms with Gasteiger partial charge < -0.3 is 5.32 Å². The van der Waals surface area contributed by atoms with Crippen LogP contribution >= 0.6 is 0 Å². The van der Waals surface area contributed by atoms with Crippen LogP contribution < -0.4 is 5.32 Å². The van der Waals surface area contributed by atoms with Gasteiger partial charge in [0, 0.05) is 12.5 Å². The van der Waals surface area contributed by atoms with E-state index in [0.29, 0.717) is 6.42 Å². The molecular weight excluding hydrogens is 282 g/mol. The van der Waals surface area contributed by atoms with E-state index in [2.05, 4.69) is 31.3 Å². The molecule has 1 amide bonds. The lowest BCUT2D eigenvalue weighted by Gasteiger charge is -2.14. The third kappa shape index (κ3) is 11.0. The third-order valence-corrected chi connectivity index (χ3v) is 4.30. The SMILES string of the molecule is CCCCCCCCCCCC(=O)NC(C)Cc1ccccc1. The Hall–Kier alpha value is -1.31. The van der Waals surface area contributed by atoms with Crippen molar-refractivity contribution >= 4 is 5.91 Å². The van der Waals surface area contributed by atoms with Crippen LogP contribution in [0.4, 0.5) is 0 Å². The minimum atomic E-state index is 0.205. The van der Waals surface area contributed by atoms with E-state index in [1.807, 2.05) is 18.2 Å². The first-order chi connectivity index (χ1) is 11.2. The number of carbonyl (C=O) groups is 1. The Kier molecular flexibility index (Phi) is 11.3. The molecule has 23 heavy (non-hydrogen) atoms. The van der Waals surface area contributed by atoms with Gasteiger partial charge in [0.2, 0.25) is 5.91 Å². The maximum Gasteiger partial charge on any atom is 0.220 e. The van der Waals surface area contributed by atoms with Crippen molar-refractivity contribution in [2.75, 3.05) is 0 Å². The van der Waals surface area contributed by atoms with E-state index in [1.165, 1.54) is 56.9 Å². The number of unbranched alkanes of at least 4 members (excludes halogenated alkanes) is 8. The average molecular weight is 318 g/mol. The largest absolute Gasteiger partial charge is 0.353 e. The summed E-state index contributed by atoms with van der Waals surface area (Å²) in [6, 6.07) is 10.6. The van der Waals surface area contributed by atoms with Crippen LogP contribution in [-0.2, 0) is 11.2 Å². The molecule has 0 radical (unpaired) electrons. The lowest BCUT2D eigenvalue weighted by molar-refractivity contribution is -0.121. The highest BCUT2D eigenvalue weighted by atomic mass is 16.1. The van der Waals surface area contributed by atoms with Crippen LogP contribution in [0.3, 0.4) is 0 Å². The molecule has 1 atom stereocenters. The van der Waals surface area contributed by atoms with Crippen LogP contribution in [0.2, 0.25) is 0 Å². The fourth-order valence-electron chi connectivity index (χ4n) is 2.96. The minimum Gasteiger partial charge on any atom is -0.353 e. The minimum absolute atomic E-state index is 0.205. The molecular formula is C21H35NO. The summed E-state index contributed by atoms with van der Waals surface area (Å²) >= 11 is 0.